The first-order valence-corrected chi connectivity index (χ1v) is 12.8. The van der Waals surface area contributed by atoms with Gasteiger partial charge in [0.15, 0.2) is 23.6 Å². The Balaban J connectivity index is 1.57. The molecule has 0 aliphatic heterocycles. The molecule has 3 aromatic carbocycles. The summed E-state index contributed by atoms with van der Waals surface area (Å²) in [6.07, 6.45) is 2.38. The van der Waals surface area contributed by atoms with E-state index >= 15 is 0 Å². The summed E-state index contributed by atoms with van der Waals surface area (Å²) in [5, 5.41) is 10.9. The van der Waals surface area contributed by atoms with Gasteiger partial charge < -0.3 is 19.3 Å². The third-order valence-corrected chi connectivity index (χ3v) is 5.74. The van der Waals surface area contributed by atoms with Crippen molar-refractivity contribution in [3.63, 3.8) is 0 Å². The van der Waals surface area contributed by atoms with E-state index in [4.69, 9.17) is 14.2 Å². The van der Waals surface area contributed by atoms with Gasteiger partial charge in [-0.2, -0.15) is 0 Å². The first kappa shape index (κ1) is 27.5. The van der Waals surface area contributed by atoms with Crippen LogP contribution in [0.5, 0.6) is 11.5 Å². The zero-order valence-electron chi connectivity index (χ0n) is 21.8. The minimum atomic E-state index is -0.625. The summed E-state index contributed by atoms with van der Waals surface area (Å²) in [4.78, 5) is 25.7. The SMILES string of the molecule is C=CC(=O)OC(COCCCC)COc1ccc(-c2nc(-c3ccccc3)nc(-c3ccccc3)n2)c(O)c1. The van der Waals surface area contributed by atoms with E-state index in [0.717, 1.165) is 30.0 Å². The summed E-state index contributed by atoms with van der Waals surface area (Å²) >= 11 is 0. The molecule has 0 saturated carbocycles. The third-order valence-electron chi connectivity index (χ3n) is 5.74. The number of aromatic hydroxyl groups is 1. The van der Waals surface area contributed by atoms with Crippen LogP contribution in [0.4, 0.5) is 0 Å². The molecule has 0 aliphatic rings. The van der Waals surface area contributed by atoms with Crippen LogP contribution in [0.25, 0.3) is 34.2 Å². The van der Waals surface area contributed by atoms with E-state index in [0.29, 0.717) is 35.4 Å². The van der Waals surface area contributed by atoms with Gasteiger partial charge in [-0.1, -0.05) is 80.6 Å². The van der Waals surface area contributed by atoms with Gasteiger partial charge in [-0.15, -0.1) is 0 Å². The number of hydrogen-bond donors (Lipinski definition) is 1. The maximum absolute atomic E-state index is 11.7. The van der Waals surface area contributed by atoms with Gasteiger partial charge in [-0.05, 0) is 18.6 Å². The van der Waals surface area contributed by atoms with Crippen LogP contribution < -0.4 is 4.74 Å². The van der Waals surface area contributed by atoms with Crippen LogP contribution in [-0.4, -0.2) is 52.0 Å². The van der Waals surface area contributed by atoms with E-state index in [-0.39, 0.29) is 19.0 Å². The van der Waals surface area contributed by atoms with Crippen LogP contribution in [0.1, 0.15) is 19.8 Å². The van der Waals surface area contributed by atoms with Crippen molar-refractivity contribution in [2.45, 2.75) is 25.9 Å². The topological polar surface area (TPSA) is 104 Å². The highest BCUT2D eigenvalue weighted by Crippen LogP contribution is 2.32. The van der Waals surface area contributed by atoms with Crippen molar-refractivity contribution in [1.82, 2.24) is 15.0 Å². The fourth-order valence-corrected chi connectivity index (χ4v) is 3.70. The number of esters is 1. The van der Waals surface area contributed by atoms with Gasteiger partial charge in [0, 0.05) is 29.9 Å². The van der Waals surface area contributed by atoms with E-state index in [9.17, 15) is 9.90 Å². The van der Waals surface area contributed by atoms with E-state index in [1.807, 2.05) is 60.7 Å². The van der Waals surface area contributed by atoms with Gasteiger partial charge in [0.2, 0.25) is 0 Å². The van der Waals surface area contributed by atoms with Crippen LogP contribution in [0.2, 0.25) is 0 Å². The Morgan fingerprint density at radius 2 is 1.51 bits per heavy atom. The number of nitrogens with zero attached hydrogens (tertiary/aromatic N) is 3. The summed E-state index contributed by atoms with van der Waals surface area (Å²) in [6.45, 7) is 6.31. The zero-order chi connectivity index (χ0) is 27.5. The number of ether oxygens (including phenoxy) is 3. The second kappa shape index (κ2) is 13.8. The monoisotopic (exact) mass is 525 g/mol. The molecule has 39 heavy (non-hydrogen) atoms. The molecular weight excluding hydrogens is 494 g/mol. The Morgan fingerprint density at radius 3 is 2.08 bits per heavy atom. The zero-order valence-corrected chi connectivity index (χ0v) is 21.8. The standard InChI is InChI=1S/C31H31N3O5/c1-3-5-18-37-20-25(39-28(36)4-2)21-38-24-16-17-26(27(35)19-24)31-33-29(22-12-8-6-9-13-22)32-30(34-31)23-14-10-7-11-15-23/h4,6-17,19,25,35H,2-3,5,18,20-21H2,1H3. The van der Waals surface area contributed by atoms with E-state index < -0.39 is 12.1 Å². The number of carbonyl (C=O) groups is 1. The van der Waals surface area contributed by atoms with Crippen LogP contribution in [0.3, 0.4) is 0 Å². The van der Waals surface area contributed by atoms with Crippen molar-refractivity contribution >= 4 is 5.97 Å². The largest absolute Gasteiger partial charge is 0.507 e. The molecule has 0 spiro atoms. The van der Waals surface area contributed by atoms with Crippen molar-refractivity contribution in [3.05, 3.63) is 91.5 Å². The van der Waals surface area contributed by atoms with Gasteiger partial charge in [0.1, 0.15) is 18.1 Å². The number of aromatic nitrogens is 3. The maximum Gasteiger partial charge on any atom is 0.330 e. The Labute approximate surface area is 228 Å². The highest BCUT2D eigenvalue weighted by molar-refractivity contribution is 5.81. The number of rotatable bonds is 13. The Hall–Kier alpha value is -4.56. The third kappa shape index (κ3) is 7.72. The molecule has 4 aromatic rings. The number of hydrogen-bond acceptors (Lipinski definition) is 8. The molecule has 1 N–H and O–H groups in total. The minimum Gasteiger partial charge on any atom is -0.507 e. The summed E-state index contributed by atoms with van der Waals surface area (Å²) < 4.78 is 16.8. The lowest BCUT2D eigenvalue weighted by Gasteiger charge is -2.18. The summed E-state index contributed by atoms with van der Waals surface area (Å²) in [5.41, 5.74) is 2.09. The maximum atomic E-state index is 11.7. The molecule has 1 heterocycles. The number of phenols is 1. The van der Waals surface area contributed by atoms with Crippen molar-refractivity contribution < 1.29 is 24.1 Å². The molecule has 8 nitrogen and oxygen atoms in total. The lowest BCUT2D eigenvalue weighted by atomic mass is 10.1. The minimum absolute atomic E-state index is 0.0482. The van der Waals surface area contributed by atoms with E-state index in [2.05, 4.69) is 28.5 Å². The molecule has 0 aliphatic carbocycles. The van der Waals surface area contributed by atoms with Gasteiger partial charge in [0.25, 0.3) is 0 Å². The lowest BCUT2D eigenvalue weighted by molar-refractivity contribution is -0.148. The summed E-state index contributed by atoms with van der Waals surface area (Å²) in [7, 11) is 0. The highest BCUT2D eigenvalue weighted by Gasteiger charge is 2.17. The molecule has 1 atom stereocenters. The Bertz CT molecular complexity index is 1320. The summed E-state index contributed by atoms with van der Waals surface area (Å²) in [5.74, 6) is 1.09. The van der Waals surface area contributed by atoms with Gasteiger partial charge in [0.05, 0.1) is 12.2 Å². The first-order chi connectivity index (χ1) is 19.1. The van der Waals surface area contributed by atoms with Crippen molar-refractivity contribution in [2.24, 2.45) is 0 Å². The molecule has 0 fully saturated rings. The average molecular weight is 526 g/mol. The molecule has 4 rings (SSSR count). The molecule has 0 radical (unpaired) electrons. The van der Waals surface area contributed by atoms with Gasteiger partial charge in [-0.3, -0.25) is 0 Å². The number of unbranched alkanes of at least 4 members (excludes halogenated alkanes) is 1. The molecule has 0 saturated heterocycles. The molecule has 8 heteroatoms. The molecule has 1 aromatic heterocycles. The molecule has 0 bridgehead atoms. The number of carbonyl (C=O) groups excluding carboxylic acids is 1. The van der Waals surface area contributed by atoms with Crippen molar-refractivity contribution in [1.29, 1.82) is 0 Å². The lowest BCUT2D eigenvalue weighted by Crippen LogP contribution is -2.29. The van der Waals surface area contributed by atoms with Crippen molar-refractivity contribution in [3.8, 4) is 45.7 Å². The molecule has 0 amide bonds. The van der Waals surface area contributed by atoms with Crippen LogP contribution >= 0.6 is 0 Å². The van der Waals surface area contributed by atoms with E-state index in [1.54, 1.807) is 12.1 Å². The number of benzene rings is 3. The molecule has 1 unspecified atom stereocenters. The van der Waals surface area contributed by atoms with Gasteiger partial charge >= 0.3 is 5.97 Å². The van der Waals surface area contributed by atoms with Crippen LogP contribution in [0.15, 0.2) is 91.5 Å². The predicted molar refractivity (Wildman–Crippen MR) is 149 cm³/mol. The van der Waals surface area contributed by atoms with Crippen LogP contribution in [-0.2, 0) is 14.3 Å². The summed E-state index contributed by atoms with van der Waals surface area (Å²) in [6, 6.07) is 24.1. The fraction of sp³-hybridized carbons (Fsp3) is 0.226. The van der Waals surface area contributed by atoms with Crippen molar-refractivity contribution in [2.75, 3.05) is 19.8 Å². The molecular formula is C31H31N3O5. The smallest absolute Gasteiger partial charge is 0.330 e. The Morgan fingerprint density at radius 1 is 0.897 bits per heavy atom. The van der Waals surface area contributed by atoms with Gasteiger partial charge in [-0.25, -0.2) is 19.7 Å². The van der Waals surface area contributed by atoms with Crippen LogP contribution in [0, 0.1) is 0 Å². The highest BCUT2D eigenvalue weighted by atomic mass is 16.6. The fourth-order valence-electron chi connectivity index (χ4n) is 3.70. The predicted octanol–water partition coefficient (Wildman–Crippen LogP) is 5.87. The average Bonchev–Trinajstić information content (AvgIpc) is 2.98. The quantitative estimate of drug-likeness (QED) is 0.131. The van der Waals surface area contributed by atoms with E-state index in [1.165, 1.54) is 6.07 Å². The Kier molecular flexibility index (Phi) is 9.74. The first-order valence-electron chi connectivity index (χ1n) is 12.8. The number of phenolic OH excluding ortho intramolecular Hbond substituents is 1. The second-order valence-corrected chi connectivity index (χ2v) is 8.72. The molecule has 200 valence electrons. The normalized spacial score (nSPS) is 11.5. The second-order valence-electron chi connectivity index (χ2n) is 8.72.